The highest BCUT2D eigenvalue weighted by Gasteiger charge is 2.35. The van der Waals surface area contributed by atoms with Crippen LogP contribution in [0.4, 0.5) is 0 Å². The standard InChI is InChI=1S/C15H31O/c1-5-9-12-15(8-4,13-10-6-2)14(16)11-7-3/h14H,5-13H2,1-4H3. The van der Waals surface area contributed by atoms with Gasteiger partial charge in [-0.25, -0.2) is 5.11 Å². The molecule has 0 spiro atoms. The van der Waals surface area contributed by atoms with Crippen LogP contribution in [0.2, 0.25) is 0 Å². The van der Waals surface area contributed by atoms with Crippen molar-refractivity contribution in [1.29, 1.82) is 0 Å². The summed E-state index contributed by atoms with van der Waals surface area (Å²) in [7, 11) is 0. The normalized spacial score (nSPS) is 14.1. The van der Waals surface area contributed by atoms with Gasteiger partial charge in [0.15, 0.2) is 0 Å². The number of hydrogen-bond donors (Lipinski definition) is 0. The zero-order valence-electron chi connectivity index (χ0n) is 11.8. The fourth-order valence-electron chi connectivity index (χ4n) is 2.65. The molecule has 0 aromatic heterocycles. The van der Waals surface area contributed by atoms with E-state index in [1.54, 1.807) is 0 Å². The summed E-state index contributed by atoms with van der Waals surface area (Å²) in [4.78, 5) is 0. The highest BCUT2D eigenvalue weighted by atomic mass is 16.3. The molecule has 1 heteroatoms. The average molecular weight is 227 g/mol. The summed E-state index contributed by atoms with van der Waals surface area (Å²) >= 11 is 0. The lowest BCUT2D eigenvalue weighted by Gasteiger charge is -2.36. The summed E-state index contributed by atoms with van der Waals surface area (Å²) in [5.74, 6) is 0. The number of unbranched alkanes of at least 4 members (excludes halogenated alkanes) is 2. The Morgan fingerprint density at radius 3 is 1.69 bits per heavy atom. The molecule has 0 aliphatic rings. The zero-order valence-corrected chi connectivity index (χ0v) is 11.8. The van der Waals surface area contributed by atoms with Crippen LogP contribution in [0.15, 0.2) is 0 Å². The molecule has 0 aromatic carbocycles. The van der Waals surface area contributed by atoms with Crippen molar-refractivity contribution in [3.63, 3.8) is 0 Å². The van der Waals surface area contributed by atoms with Gasteiger partial charge in [0.25, 0.3) is 0 Å². The number of rotatable bonds is 10. The van der Waals surface area contributed by atoms with Crippen molar-refractivity contribution in [3.8, 4) is 0 Å². The summed E-state index contributed by atoms with van der Waals surface area (Å²) in [5.41, 5.74) is 0.0992. The van der Waals surface area contributed by atoms with E-state index in [9.17, 15) is 5.11 Å². The van der Waals surface area contributed by atoms with Crippen LogP contribution in [0, 0.1) is 5.41 Å². The Labute approximate surface area is 103 Å². The molecule has 0 saturated carbocycles. The van der Waals surface area contributed by atoms with Crippen molar-refractivity contribution < 1.29 is 5.11 Å². The summed E-state index contributed by atoms with van der Waals surface area (Å²) in [6, 6.07) is 0. The van der Waals surface area contributed by atoms with Gasteiger partial charge in [-0.1, -0.05) is 59.8 Å². The van der Waals surface area contributed by atoms with E-state index in [1.807, 2.05) is 0 Å². The molecule has 0 rings (SSSR count). The van der Waals surface area contributed by atoms with Crippen LogP contribution in [-0.4, -0.2) is 6.10 Å². The Hall–Kier alpha value is -0.0400. The largest absolute Gasteiger partial charge is 0.233 e. The van der Waals surface area contributed by atoms with E-state index in [0.29, 0.717) is 0 Å². The van der Waals surface area contributed by atoms with E-state index >= 15 is 0 Å². The van der Waals surface area contributed by atoms with Crippen LogP contribution in [0.1, 0.15) is 85.5 Å². The fraction of sp³-hybridized carbons (Fsp3) is 1.00. The van der Waals surface area contributed by atoms with E-state index < -0.39 is 0 Å². The lowest BCUT2D eigenvalue weighted by Crippen LogP contribution is -2.34. The predicted molar refractivity (Wildman–Crippen MR) is 71.2 cm³/mol. The van der Waals surface area contributed by atoms with E-state index in [0.717, 1.165) is 32.1 Å². The minimum atomic E-state index is -0.333. The molecular weight excluding hydrogens is 196 g/mol. The van der Waals surface area contributed by atoms with Crippen LogP contribution in [0.25, 0.3) is 0 Å². The quantitative estimate of drug-likeness (QED) is 0.478. The molecule has 0 aliphatic carbocycles. The highest BCUT2D eigenvalue weighted by molar-refractivity contribution is 4.85. The molecule has 1 radical (unpaired) electrons. The molecular formula is C15H31O. The summed E-state index contributed by atoms with van der Waals surface area (Å²) in [6.45, 7) is 8.79. The lowest BCUT2D eigenvalue weighted by molar-refractivity contribution is -0.0494. The van der Waals surface area contributed by atoms with Gasteiger partial charge >= 0.3 is 0 Å². The minimum Gasteiger partial charge on any atom is -0.233 e. The van der Waals surface area contributed by atoms with Crippen LogP contribution >= 0.6 is 0 Å². The fourth-order valence-corrected chi connectivity index (χ4v) is 2.65. The molecule has 0 fully saturated rings. The van der Waals surface area contributed by atoms with Crippen LogP contribution < -0.4 is 0 Å². The van der Waals surface area contributed by atoms with Gasteiger partial charge in [-0.05, 0) is 31.1 Å². The molecule has 0 N–H and O–H groups in total. The van der Waals surface area contributed by atoms with Gasteiger partial charge in [-0.3, -0.25) is 0 Å². The maximum absolute atomic E-state index is 12.4. The van der Waals surface area contributed by atoms with Crippen LogP contribution in [0.5, 0.6) is 0 Å². The summed E-state index contributed by atoms with van der Waals surface area (Å²) in [5, 5.41) is 12.4. The van der Waals surface area contributed by atoms with Gasteiger partial charge in [-0.15, -0.1) is 0 Å². The Bertz CT molecular complexity index is 146. The second-order valence-electron chi connectivity index (χ2n) is 5.20. The van der Waals surface area contributed by atoms with Gasteiger partial charge < -0.3 is 0 Å². The second kappa shape index (κ2) is 9.04. The van der Waals surface area contributed by atoms with E-state index in [-0.39, 0.29) is 11.5 Å². The molecule has 0 aliphatic heterocycles. The maximum atomic E-state index is 12.4. The Morgan fingerprint density at radius 1 is 0.875 bits per heavy atom. The third-order valence-electron chi connectivity index (χ3n) is 3.99. The molecule has 0 aromatic rings. The van der Waals surface area contributed by atoms with Crippen molar-refractivity contribution in [2.75, 3.05) is 0 Å². The number of hydrogen-bond acceptors (Lipinski definition) is 0. The molecule has 1 atom stereocenters. The van der Waals surface area contributed by atoms with Crippen molar-refractivity contribution in [2.45, 2.75) is 91.6 Å². The lowest BCUT2D eigenvalue weighted by atomic mass is 9.70. The molecule has 1 nitrogen and oxygen atoms in total. The van der Waals surface area contributed by atoms with E-state index in [2.05, 4.69) is 27.7 Å². The molecule has 0 saturated heterocycles. The van der Waals surface area contributed by atoms with Crippen molar-refractivity contribution in [2.24, 2.45) is 5.41 Å². The van der Waals surface area contributed by atoms with Crippen molar-refractivity contribution in [1.82, 2.24) is 0 Å². The first kappa shape index (κ1) is 16.0. The van der Waals surface area contributed by atoms with E-state index in [4.69, 9.17) is 0 Å². The first-order valence-electron chi connectivity index (χ1n) is 7.32. The SMILES string of the molecule is CCCCC(CC)(CCCC)C([O])CCC. The molecule has 0 bridgehead atoms. The molecule has 97 valence electrons. The molecule has 1 unspecified atom stereocenters. The van der Waals surface area contributed by atoms with Gasteiger partial charge in [-0.2, -0.15) is 0 Å². The monoisotopic (exact) mass is 227 g/mol. The third-order valence-corrected chi connectivity index (χ3v) is 3.99. The summed E-state index contributed by atoms with van der Waals surface area (Å²) in [6.07, 6.45) is 9.80. The third kappa shape index (κ3) is 4.86. The molecule has 16 heavy (non-hydrogen) atoms. The molecule has 0 heterocycles. The van der Waals surface area contributed by atoms with Gasteiger partial charge in [0.05, 0.1) is 6.10 Å². The maximum Gasteiger partial charge on any atom is 0.0985 e. The van der Waals surface area contributed by atoms with Crippen LogP contribution in [0.3, 0.4) is 0 Å². The summed E-state index contributed by atoms with van der Waals surface area (Å²) < 4.78 is 0. The smallest absolute Gasteiger partial charge is 0.0985 e. The van der Waals surface area contributed by atoms with Crippen molar-refractivity contribution in [3.05, 3.63) is 0 Å². The van der Waals surface area contributed by atoms with Crippen molar-refractivity contribution >= 4 is 0 Å². The van der Waals surface area contributed by atoms with Gasteiger partial charge in [0, 0.05) is 0 Å². The average Bonchev–Trinajstić information content (AvgIpc) is 2.30. The highest BCUT2D eigenvalue weighted by Crippen LogP contribution is 2.40. The second-order valence-corrected chi connectivity index (χ2v) is 5.20. The molecule has 0 amide bonds. The Balaban J connectivity index is 4.50. The topological polar surface area (TPSA) is 19.9 Å². The van der Waals surface area contributed by atoms with Crippen LogP contribution in [-0.2, 0) is 5.11 Å². The first-order chi connectivity index (χ1) is 7.66. The Morgan fingerprint density at radius 2 is 1.38 bits per heavy atom. The Kier molecular flexibility index (Phi) is 9.02. The van der Waals surface area contributed by atoms with E-state index in [1.165, 1.54) is 25.7 Å². The van der Waals surface area contributed by atoms with Gasteiger partial charge in [0.1, 0.15) is 0 Å². The zero-order chi connectivity index (χ0) is 12.4. The van der Waals surface area contributed by atoms with Gasteiger partial charge in [0.2, 0.25) is 0 Å². The minimum absolute atomic E-state index is 0.0992. The first-order valence-corrected chi connectivity index (χ1v) is 7.32. The predicted octanol–water partition coefficient (Wildman–Crippen LogP) is 5.36.